The van der Waals surface area contributed by atoms with Gasteiger partial charge in [0, 0.05) is 5.92 Å². The molecule has 0 radical (unpaired) electrons. The third kappa shape index (κ3) is 7.37. The number of hydrogen-bond donors (Lipinski definition) is 0. The number of hydrogen-bond acceptors (Lipinski definition) is 6. The SMILES string of the molecule is C=CC[C@H](C(=O)OC(C)(C)C)[C@@H](c1ccccc1)C(C(=O)OCC)C(=O)OCC. The monoisotopic (exact) mass is 404 g/mol. The van der Waals surface area contributed by atoms with Crippen molar-refractivity contribution in [2.75, 3.05) is 13.2 Å². The van der Waals surface area contributed by atoms with Crippen LogP contribution in [0.15, 0.2) is 43.0 Å². The van der Waals surface area contributed by atoms with Crippen LogP contribution in [0.3, 0.4) is 0 Å². The number of ether oxygens (including phenoxy) is 3. The van der Waals surface area contributed by atoms with Crippen molar-refractivity contribution in [2.45, 2.75) is 52.6 Å². The highest BCUT2D eigenvalue weighted by molar-refractivity contribution is 5.97. The Hall–Kier alpha value is -2.63. The number of esters is 3. The van der Waals surface area contributed by atoms with Crippen LogP contribution in [0.25, 0.3) is 0 Å². The number of benzene rings is 1. The number of rotatable bonds is 10. The van der Waals surface area contributed by atoms with Crippen LogP contribution in [0.5, 0.6) is 0 Å². The molecule has 1 rings (SSSR count). The first-order valence-corrected chi connectivity index (χ1v) is 9.88. The van der Waals surface area contributed by atoms with E-state index in [1.54, 1.807) is 65.0 Å². The first kappa shape index (κ1) is 24.4. The predicted molar refractivity (Wildman–Crippen MR) is 110 cm³/mol. The Balaban J connectivity index is 3.55. The van der Waals surface area contributed by atoms with Gasteiger partial charge in [-0.3, -0.25) is 14.4 Å². The van der Waals surface area contributed by atoms with Gasteiger partial charge in [-0.05, 0) is 46.6 Å². The Morgan fingerprint density at radius 3 is 1.90 bits per heavy atom. The van der Waals surface area contributed by atoms with Crippen molar-refractivity contribution in [3.63, 3.8) is 0 Å². The molecule has 0 saturated carbocycles. The molecule has 0 aliphatic rings. The molecule has 1 aromatic rings. The Bertz CT molecular complexity index is 671. The first-order chi connectivity index (χ1) is 13.7. The lowest BCUT2D eigenvalue weighted by Crippen LogP contribution is -2.40. The van der Waals surface area contributed by atoms with Crippen molar-refractivity contribution in [2.24, 2.45) is 11.8 Å². The average Bonchev–Trinajstić information content (AvgIpc) is 2.64. The fourth-order valence-corrected chi connectivity index (χ4v) is 3.13. The van der Waals surface area contributed by atoms with Crippen molar-refractivity contribution >= 4 is 17.9 Å². The third-order valence-corrected chi connectivity index (χ3v) is 4.19. The number of carbonyl (C=O) groups is 3. The highest BCUT2D eigenvalue weighted by atomic mass is 16.6. The van der Waals surface area contributed by atoms with E-state index in [4.69, 9.17) is 14.2 Å². The van der Waals surface area contributed by atoms with E-state index >= 15 is 0 Å². The Kier molecular flexibility index (Phi) is 9.59. The lowest BCUT2D eigenvalue weighted by atomic mass is 9.75. The summed E-state index contributed by atoms with van der Waals surface area (Å²) >= 11 is 0. The smallest absolute Gasteiger partial charge is 0.320 e. The van der Waals surface area contributed by atoms with Gasteiger partial charge in [0.1, 0.15) is 5.60 Å². The van der Waals surface area contributed by atoms with Crippen molar-refractivity contribution in [1.29, 1.82) is 0 Å². The molecule has 2 atom stereocenters. The van der Waals surface area contributed by atoms with E-state index in [-0.39, 0.29) is 19.6 Å². The lowest BCUT2D eigenvalue weighted by Gasteiger charge is -2.32. The van der Waals surface area contributed by atoms with E-state index in [0.29, 0.717) is 5.56 Å². The fraction of sp³-hybridized carbons (Fsp3) is 0.522. The summed E-state index contributed by atoms with van der Waals surface area (Å²) in [4.78, 5) is 38.6. The topological polar surface area (TPSA) is 78.9 Å². The number of allylic oxidation sites excluding steroid dienone is 1. The zero-order chi connectivity index (χ0) is 22.0. The highest BCUT2D eigenvalue weighted by Crippen LogP contribution is 2.38. The fourth-order valence-electron chi connectivity index (χ4n) is 3.13. The van der Waals surface area contributed by atoms with Gasteiger partial charge in [-0.1, -0.05) is 36.4 Å². The van der Waals surface area contributed by atoms with Gasteiger partial charge in [0.05, 0.1) is 19.1 Å². The molecule has 0 aliphatic carbocycles. The molecule has 1 aromatic carbocycles. The van der Waals surface area contributed by atoms with Crippen molar-refractivity contribution in [3.8, 4) is 0 Å². The summed E-state index contributed by atoms with van der Waals surface area (Å²) in [6.07, 6.45) is 1.81. The van der Waals surface area contributed by atoms with Gasteiger partial charge in [-0.2, -0.15) is 0 Å². The van der Waals surface area contributed by atoms with Crippen molar-refractivity contribution < 1.29 is 28.6 Å². The molecule has 6 heteroatoms. The largest absolute Gasteiger partial charge is 0.465 e. The lowest BCUT2D eigenvalue weighted by molar-refractivity contribution is -0.167. The van der Waals surface area contributed by atoms with Crippen LogP contribution >= 0.6 is 0 Å². The Labute approximate surface area is 173 Å². The summed E-state index contributed by atoms with van der Waals surface area (Å²) in [6.45, 7) is 12.6. The van der Waals surface area contributed by atoms with E-state index < -0.39 is 41.3 Å². The van der Waals surface area contributed by atoms with Crippen LogP contribution in [0.1, 0.15) is 52.5 Å². The van der Waals surface area contributed by atoms with Gasteiger partial charge in [-0.15, -0.1) is 6.58 Å². The molecule has 0 aromatic heterocycles. The molecule has 0 unspecified atom stereocenters. The van der Waals surface area contributed by atoms with Gasteiger partial charge < -0.3 is 14.2 Å². The molecular formula is C23H32O6. The van der Waals surface area contributed by atoms with Gasteiger partial charge >= 0.3 is 17.9 Å². The van der Waals surface area contributed by atoms with Gasteiger partial charge in [-0.25, -0.2) is 0 Å². The molecular weight excluding hydrogens is 372 g/mol. The van der Waals surface area contributed by atoms with Gasteiger partial charge in [0.15, 0.2) is 5.92 Å². The minimum atomic E-state index is -1.30. The van der Waals surface area contributed by atoms with Crippen molar-refractivity contribution in [1.82, 2.24) is 0 Å². The second-order valence-corrected chi connectivity index (χ2v) is 7.58. The zero-order valence-electron chi connectivity index (χ0n) is 18.0. The Morgan fingerprint density at radius 1 is 0.966 bits per heavy atom. The molecule has 0 heterocycles. The maximum atomic E-state index is 13.1. The summed E-state index contributed by atoms with van der Waals surface area (Å²) in [5.74, 6) is -4.88. The summed E-state index contributed by atoms with van der Waals surface area (Å²) in [7, 11) is 0. The van der Waals surface area contributed by atoms with Crippen LogP contribution in [-0.2, 0) is 28.6 Å². The van der Waals surface area contributed by atoms with Crippen LogP contribution in [-0.4, -0.2) is 36.7 Å². The summed E-state index contributed by atoms with van der Waals surface area (Å²) in [5, 5.41) is 0. The molecule has 0 fully saturated rings. The molecule has 0 spiro atoms. The zero-order valence-corrected chi connectivity index (χ0v) is 18.0. The Morgan fingerprint density at radius 2 is 1.48 bits per heavy atom. The number of carbonyl (C=O) groups excluding carboxylic acids is 3. The molecule has 160 valence electrons. The van der Waals surface area contributed by atoms with E-state index in [2.05, 4.69) is 6.58 Å². The van der Waals surface area contributed by atoms with E-state index in [1.807, 2.05) is 6.07 Å². The maximum absolute atomic E-state index is 13.1. The van der Waals surface area contributed by atoms with Gasteiger partial charge in [0.2, 0.25) is 0 Å². The van der Waals surface area contributed by atoms with Crippen molar-refractivity contribution in [3.05, 3.63) is 48.6 Å². The van der Waals surface area contributed by atoms with Crippen LogP contribution in [0.4, 0.5) is 0 Å². The van der Waals surface area contributed by atoms with E-state index in [1.165, 1.54) is 0 Å². The van der Waals surface area contributed by atoms with E-state index in [0.717, 1.165) is 0 Å². The highest BCUT2D eigenvalue weighted by Gasteiger charge is 2.45. The second kappa shape index (κ2) is 11.4. The summed E-state index contributed by atoms with van der Waals surface area (Å²) in [6, 6.07) is 8.94. The van der Waals surface area contributed by atoms with E-state index in [9.17, 15) is 14.4 Å². The first-order valence-electron chi connectivity index (χ1n) is 9.88. The summed E-state index contributed by atoms with van der Waals surface area (Å²) in [5.41, 5.74) is -0.0718. The minimum absolute atomic E-state index is 0.106. The molecule has 0 amide bonds. The normalized spacial score (nSPS) is 13.3. The molecule has 0 saturated heterocycles. The van der Waals surface area contributed by atoms with Crippen LogP contribution < -0.4 is 0 Å². The predicted octanol–water partition coefficient (Wildman–Crippen LogP) is 4.05. The average molecular weight is 405 g/mol. The molecule has 0 aliphatic heterocycles. The molecule has 6 nitrogen and oxygen atoms in total. The minimum Gasteiger partial charge on any atom is -0.465 e. The summed E-state index contributed by atoms with van der Waals surface area (Å²) < 4.78 is 15.9. The molecule has 0 bridgehead atoms. The quantitative estimate of drug-likeness (QED) is 0.253. The second-order valence-electron chi connectivity index (χ2n) is 7.58. The maximum Gasteiger partial charge on any atom is 0.320 e. The standard InChI is InChI=1S/C23H32O6/c1-7-13-17(20(24)29-23(4,5)6)18(16-14-11-10-12-15-16)19(21(25)27-8-2)22(26)28-9-3/h7,10-12,14-15,17-19H,1,8-9,13H2,2-6H3/t17-,18+/m0/s1. The van der Waals surface area contributed by atoms with Crippen LogP contribution in [0, 0.1) is 11.8 Å². The molecule has 29 heavy (non-hydrogen) atoms. The molecule has 0 N–H and O–H groups in total. The third-order valence-electron chi connectivity index (χ3n) is 4.19. The van der Waals surface area contributed by atoms with Crippen LogP contribution in [0.2, 0.25) is 0 Å². The van der Waals surface area contributed by atoms with Gasteiger partial charge in [0.25, 0.3) is 0 Å².